The molecular formula is C14H20N4. The average molecular weight is 244 g/mol. The summed E-state index contributed by atoms with van der Waals surface area (Å²) in [5.41, 5.74) is 0.501. The van der Waals surface area contributed by atoms with Crippen LogP contribution in [-0.4, -0.2) is 43.1 Å². The van der Waals surface area contributed by atoms with E-state index in [0.717, 1.165) is 25.3 Å². The van der Waals surface area contributed by atoms with Crippen LogP contribution in [0.15, 0.2) is 18.2 Å². The van der Waals surface area contributed by atoms with E-state index < -0.39 is 0 Å². The normalized spacial score (nSPS) is 20.6. The van der Waals surface area contributed by atoms with Gasteiger partial charge in [0, 0.05) is 19.1 Å². The highest BCUT2D eigenvalue weighted by Crippen LogP contribution is 2.19. The molecule has 2 heterocycles. The number of nitriles is 1. The van der Waals surface area contributed by atoms with Crippen molar-refractivity contribution < 1.29 is 0 Å². The third kappa shape index (κ3) is 2.99. The Labute approximate surface area is 109 Å². The molecule has 0 N–H and O–H groups in total. The van der Waals surface area contributed by atoms with Crippen molar-refractivity contribution in [3.63, 3.8) is 0 Å². The number of pyridine rings is 1. The van der Waals surface area contributed by atoms with Gasteiger partial charge in [-0.2, -0.15) is 5.26 Å². The van der Waals surface area contributed by atoms with Gasteiger partial charge < -0.3 is 9.80 Å². The van der Waals surface area contributed by atoms with E-state index in [2.05, 4.69) is 34.9 Å². The van der Waals surface area contributed by atoms with E-state index in [1.54, 1.807) is 6.07 Å². The van der Waals surface area contributed by atoms with Crippen LogP contribution in [-0.2, 0) is 0 Å². The van der Waals surface area contributed by atoms with Crippen LogP contribution in [0.4, 0.5) is 5.82 Å². The first kappa shape index (κ1) is 12.8. The summed E-state index contributed by atoms with van der Waals surface area (Å²) in [5, 5.41) is 8.89. The molecule has 96 valence electrons. The van der Waals surface area contributed by atoms with Gasteiger partial charge >= 0.3 is 0 Å². The predicted molar refractivity (Wildman–Crippen MR) is 72.5 cm³/mol. The molecule has 0 saturated carbocycles. The summed E-state index contributed by atoms with van der Waals surface area (Å²) >= 11 is 0. The lowest BCUT2D eigenvalue weighted by molar-refractivity contribution is 0.272. The van der Waals surface area contributed by atoms with Crippen LogP contribution in [0.5, 0.6) is 0 Å². The smallest absolute Gasteiger partial charge is 0.142 e. The van der Waals surface area contributed by atoms with Crippen molar-refractivity contribution in [1.82, 2.24) is 9.88 Å². The topological polar surface area (TPSA) is 43.2 Å². The number of hydrogen-bond acceptors (Lipinski definition) is 4. The molecule has 1 unspecified atom stereocenters. The summed E-state index contributed by atoms with van der Waals surface area (Å²) in [4.78, 5) is 8.98. The largest absolute Gasteiger partial charge is 0.357 e. The quantitative estimate of drug-likeness (QED) is 0.796. The number of hydrogen-bond donors (Lipinski definition) is 0. The molecule has 1 aliphatic heterocycles. The maximum Gasteiger partial charge on any atom is 0.142 e. The molecule has 2 rings (SSSR count). The SMILES string of the molecule is CN(C)C1CCCN(c2cccc(C#N)n2)CC1. The molecule has 0 spiro atoms. The first-order valence-corrected chi connectivity index (χ1v) is 6.49. The number of nitrogens with zero attached hydrogens (tertiary/aromatic N) is 4. The Morgan fingerprint density at radius 3 is 2.89 bits per heavy atom. The van der Waals surface area contributed by atoms with Crippen LogP contribution >= 0.6 is 0 Å². The Hall–Kier alpha value is -1.60. The summed E-state index contributed by atoms with van der Waals surface area (Å²) in [6.45, 7) is 2.05. The first-order chi connectivity index (χ1) is 8.70. The minimum atomic E-state index is 0.501. The Kier molecular flexibility index (Phi) is 4.16. The van der Waals surface area contributed by atoms with Crippen LogP contribution in [0, 0.1) is 11.3 Å². The minimum absolute atomic E-state index is 0.501. The Bertz CT molecular complexity index is 436. The zero-order valence-electron chi connectivity index (χ0n) is 11.1. The molecule has 0 amide bonds. The zero-order valence-corrected chi connectivity index (χ0v) is 11.1. The van der Waals surface area contributed by atoms with Gasteiger partial charge in [-0.15, -0.1) is 0 Å². The van der Waals surface area contributed by atoms with Gasteiger partial charge in [0.2, 0.25) is 0 Å². The zero-order chi connectivity index (χ0) is 13.0. The summed E-state index contributed by atoms with van der Waals surface area (Å²) in [7, 11) is 4.30. The van der Waals surface area contributed by atoms with Crippen molar-refractivity contribution in [2.75, 3.05) is 32.1 Å². The molecule has 0 aliphatic carbocycles. The van der Waals surface area contributed by atoms with Crippen molar-refractivity contribution in [3.8, 4) is 6.07 Å². The van der Waals surface area contributed by atoms with Gasteiger partial charge in [-0.25, -0.2) is 4.98 Å². The van der Waals surface area contributed by atoms with Crippen LogP contribution in [0.25, 0.3) is 0 Å². The van der Waals surface area contributed by atoms with Gasteiger partial charge in [-0.1, -0.05) is 6.07 Å². The summed E-state index contributed by atoms with van der Waals surface area (Å²) < 4.78 is 0. The molecule has 4 nitrogen and oxygen atoms in total. The van der Waals surface area contributed by atoms with E-state index in [-0.39, 0.29) is 0 Å². The van der Waals surface area contributed by atoms with Crippen molar-refractivity contribution in [2.45, 2.75) is 25.3 Å². The summed E-state index contributed by atoms with van der Waals surface area (Å²) in [5.74, 6) is 0.938. The van der Waals surface area contributed by atoms with E-state index in [0.29, 0.717) is 11.7 Å². The molecule has 1 fully saturated rings. The van der Waals surface area contributed by atoms with Gasteiger partial charge in [0.05, 0.1) is 0 Å². The summed E-state index contributed by atoms with van der Waals surface area (Å²) in [6.07, 6.45) is 3.58. The van der Waals surface area contributed by atoms with E-state index in [9.17, 15) is 0 Å². The number of aromatic nitrogens is 1. The highest BCUT2D eigenvalue weighted by molar-refractivity contribution is 5.41. The summed E-state index contributed by atoms with van der Waals surface area (Å²) in [6, 6.07) is 8.43. The first-order valence-electron chi connectivity index (χ1n) is 6.49. The third-order valence-corrected chi connectivity index (χ3v) is 3.60. The van der Waals surface area contributed by atoms with Crippen molar-refractivity contribution >= 4 is 5.82 Å². The van der Waals surface area contributed by atoms with Crippen LogP contribution in [0.1, 0.15) is 25.0 Å². The molecule has 18 heavy (non-hydrogen) atoms. The molecule has 1 atom stereocenters. The van der Waals surface area contributed by atoms with Crippen molar-refractivity contribution in [1.29, 1.82) is 5.26 Å². The molecule has 1 aliphatic rings. The molecule has 0 aromatic carbocycles. The molecule has 1 aromatic heterocycles. The van der Waals surface area contributed by atoms with Crippen LogP contribution in [0.2, 0.25) is 0 Å². The fourth-order valence-corrected chi connectivity index (χ4v) is 2.49. The van der Waals surface area contributed by atoms with Crippen molar-refractivity contribution in [2.24, 2.45) is 0 Å². The van der Waals surface area contributed by atoms with E-state index in [1.807, 2.05) is 12.1 Å². The van der Waals surface area contributed by atoms with E-state index in [4.69, 9.17) is 5.26 Å². The molecule has 0 bridgehead atoms. The van der Waals surface area contributed by atoms with Crippen LogP contribution in [0.3, 0.4) is 0 Å². The fourth-order valence-electron chi connectivity index (χ4n) is 2.49. The lowest BCUT2D eigenvalue weighted by Gasteiger charge is -2.24. The Balaban J connectivity index is 2.07. The average Bonchev–Trinajstić information content (AvgIpc) is 2.64. The maximum absolute atomic E-state index is 8.89. The Morgan fingerprint density at radius 2 is 2.17 bits per heavy atom. The molecular weight excluding hydrogens is 224 g/mol. The van der Waals surface area contributed by atoms with Gasteiger partial charge in [-0.3, -0.25) is 0 Å². The molecule has 4 heteroatoms. The monoisotopic (exact) mass is 244 g/mol. The van der Waals surface area contributed by atoms with Crippen molar-refractivity contribution in [3.05, 3.63) is 23.9 Å². The van der Waals surface area contributed by atoms with E-state index >= 15 is 0 Å². The molecule has 1 saturated heterocycles. The lowest BCUT2D eigenvalue weighted by Crippen LogP contribution is -2.30. The minimum Gasteiger partial charge on any atom is -0.357 e. The predicted octanol–water partition coefficient (Wildman–Crippen LogP) is 1.87. The maximum atomic E-state index is 8.89. The number of rotatable bonds is 2. The number of anilines is 1. The second-order valence-electron chi connectivity index (χ2n) is 5.03. The highest BCUT2D eigenvalue weighted by Gasteiger charge is 2.19. The van der Waals surface area contributed by atoms with Crippen LogP contribution < -0.4 is 4.90 Å². The second kappa shape index (κ2) is 5.83. The third-order valence-electron chi connectivity index (χ3n) is 3.60. The van der Waals surface area contributed by atoms with Gasteiger partial charge in [-0.05, 0) is 45.5 Å². The standard InChI is InChI=1S/C14H20N4/c1-17(2)13-6-4-9-18(10-8-13)14-7-3-5-12(11-15)16-14/h3,5,7,13H,4,6,8-10H2,1-2H3. The second-order valence-corrected chi connectivity index (χ2v) is 5.03. The molecule has 1 aromatic rings. The fraction of sp³-hybridized carbons (Fsp3) is 0.571. The lowest BCUT2D eigenvalue weighted by atomic mass is 10.1. The van der Waals surface area contributed by atoms with Gasteiger partial charge in [0.25, 0.3) is 0 Å². The molecule has 0 radical (unpaired) electrons. The van der Waals surface area contributed by atoms with Gasteiger partial charge in [0.1, 0.15) is 17.6 Å². The Morgan fingerprint density at radius 1 is 1.33 bits per heavy atom. The van der Waals surface area contributed by atoms with Gasteiger partial charge in [0.15, 0.2) is 0 Å². The van der Waals surface area contributed by atoms with E-state index in [1.165, 1.54) is 12.8 Å². The highest BCUT2D eigenvalue weighted by atomic mass is 15.2.